The standard InChI is InChI=1S/C12H14O3S2/c1-9(13)14-11-7-16-8-12(15-11)17-10-5-3-2-4-6-10/h2-6,11-12H,7-8H2,1H3. The molecule has 92 valence electrons. The van der Waals surface area contributed by atoms with Crippen molar-refractivity contribution in [1.29, 1.82) is 0 Å². The van der Waals surface area contributed by atoms with Crippen molar-refractivity contribution < 1.29 is 14.3 Å². The minimum Gasteiger partial charge on any atom is -0.435 e. The monoisotopic (exact) mass is 270 g/mol. The predicted octanol–water partition coefficient (Wildman–Crippen LogP) is 2.76. The van der Waals surface area contributed by atoms with Gasteiger partial charge in [0.05, 0.1) is 5.75 Å². The zero-order valence-electron chi connectivity index (χ0n) is 9.50. The highest BCUT2D eigenvalue weighted by Crippen LogP contribution is 2.31. The van der Waals surface area contributed by atoms with Gasteiger partial charge in [-0.1, -0.05) is 30.0 Å². The molecule has 0 aliphatic carbocycles. The third kappa shape index (κ3) is 4.26. The SMILES string of the molecule is CC(=O)OC1CSCC(Sc2ccccc2)O1. The molecule has 1 aliphatic rings. The molecule has 1 saturated heterocycles. The molecule has 0 bridgehead atoms. The Labute approximate surface area is 109 Å². The fourth-order valence-corrected chi connectivity index (χ4v) is 3.57. The lowest BCUT2D eigenvalue weighted by molar-refractivity contribution is -0.173. The average molecular weight is 270 g/mol. The average Bonchev–Trinajstić information content (AvgIpc) is 2.30. The number of thioether (sulfide) groups is 2. The van der Waals surface area contributed by atoms with Crippen LogP contribution in [0.2, 0.25) is 0 Å². The molecule has 2 rings (SSSR count). The van der Waals surface area contributed by atoms with E-state index in [-0.39, 0.29) is 11.4 Å². The Kier molecular flexibility index (Phi) is 4.76. The van der Waals surface area contributed by atoms with Gasteiger partial charge in [-0.25, -0.2) is 0 Å². The number of rotatable bonds is 3. The Hall–Kier alpha value is -0.650. The van der Waals surface area contributed by atoms with Gasteiger partial charge in [-0.05, 0) is 12.1 Å². The van der Waals surface area contributed by atoms with Gasteiger partial charge in [0.1, 0.15) is 5.44 Å². The molecule has 0 aromatic heterocycles. The molecule has 1 aromatic rings. The quantitative estimate of drug-likeness (QED) is 0.789. The van der Waals surface area contributed by atoms with E-state index in [4.69, 9.17) is 9.47 Å². The second-order valence-electron chi connectivity index (χ2n) is 3.57. The van der Waals surface area contributed by atoms with Gasteiger partial charge in [-0.15, -0.1) is 0 Å². The highest BCUT2D eigenvalue weighted by atomic mass is 32.2. The van der Waals surface area contributed by atoms with Crippen molar-refractivity contribution in [1.82, 2.24) is 0 Å². The summed E-state index contributed by atoms with van der Waals surface area (Å²) < 4.78 is 10.8. The first-order chi connectivity index (χ1) is 8.24. The molecule has 0 N–H and O–H groups in total. The molecule has 0 spiro atoms. The van der Waals surface area contributed by atoms with E-state index in [1.807, 2.05) is 30.3 Å². The van der Waals surface area contributed by atoms with Gasteiger partial charge in [0.2, 0.25) is 6.29 Å². The van der Waals surface area contributed by atoms with E-state index in [9.17, 15) is 4.79 Å². The molecular weight excluding hydrogens is 256 g/mol. The summed E-state index contributed by atoms with van der Waals surface area (Å²) in [6, 6.07) is 10.1. The molecule has 1 aromatic carbocycles. The van der Waals surface area contributed by atoms with E-state index in [0.29, 0.717) is 5.75 Å². The van der Waals surface area contributed by atoms with Crippen LogP contribution in [0.25, 0.3) is 0 Å². The van der Waals surface area contributed by atoms with Crippen molar-refractivity contribution in [3.63, 3.8) is 0 Å². The van der Waals surface area contributed by atoms with Crippen molar-refractivity contribution in [3.8, 4) is 0 Å². The maximum absolute atomic E-state index is 10.9. The summed E-state index contributed by atoms with van der Waals surface area (Å²) in [6.45, 7) is 1.40. The summed E-state index contributed by atoms with van der Waals surface area (Å²) in [7, 11) is 0. The molecule has 2 atom stereocenters. The molecule has 1 fully saturated rings. The van der Waals surface area contributed by atoms with Gasteiger partial charge < -0.3 is 9.47 Å². The fraction of sp³-hybridized carbons (Fsp3) is 0.417. The maximum atomic E-state index is 10.9. The van der Waals surface area contributed by atoms with Gasteiger partial charge in [0.15, 0.2) is 0 Å². The van der Waals surface area contributed by atoms with E-state index in [1.165, 1.54) is 11.8 Å². The van der Waals surface area contributed by atoms with Gasteiger partial charge >= 0.3 is 5.97 Å². The summed E-state index contributed by atoms with van der Waals surface area (Å²) >= 11 is 3.41. The van der Waals surface area contributed by atoms with Crippen LogP contribution in [0.15, 0.2) is 35.2 Å². The normalized spacial score (nSPS) is 24.3. The Morgan fingerprint density at radius 3 is 2.88 bits per heavy atom. The number of ether oxygens (including phenoxy) is 2. The van der Waals surface area contributed by atoms with E-state index >= 15 is 0 Å². The van der Waals surface area contributed by atoms with Crippen LogP contribution in [0.4, 0.5) is 0 Å². The summed E-state index contributed by atoms with van der Waals surface area (Å²) in [4.78, 5) is 12.0. The summed E-state index contributed by atoms with van der Waals surface area (Å²) in [5.41, 5.74) is 0.0421. The lowest BCUT2D eigenvalue weighted by Crippen LogP contribution is -2.32. The van der Waals surface area contributed by atoms with Crippen LogP contribution in [0.5, 0.6) is 0 Å². The molecule has 0 saturated carbocycles. The van der Waals surface area contributed by atoms with Gasteiger partial charge in [-0.2, -0.15) is 11.8 Å². The second-order valence-corrected chi connectivity index (χ2v) is 5.88. The predicted molar refractivity (Wildman–Crippen MR) is 70.1 cm³/mol. The van der Waals surface area contributed by atoms with Crippen molar-refractivity contribution in [2.24, 2.45) is 0 Å². The van der Waals surface area contributed by atoms with E-state index < -0.39 is 6.29 Å². The number of esters is 1. The molecule has 3 nitrogen and oxygen atoms in total. The number of carbonyl (C=O) groups is 1. The smallest absolute Gasteiger partial charge is 0.304 e. The third-order valence-corrected chi connectivity index (χ3v) is 4.46. The lowest BCUT2D eigenvalue weighted by Gasteiger charge is -2.28. The summed E-state index contributed by atoms with van der Waals surface area (Å²) in [6.07, 6.45) is -0.410. The first kappa shape index (κ1) is 12.8. The molecule has 1 heterocycles. The molecule has 0 radical (unpaired) electrons. The van der Waals surface area contributed by atoms with Crippen LogP contribution >= 0.6 is 23.5 Å². The van der Waals surface area contributed by atoms with Gasteiger partial charge in [0, 0.05) is 17.6 Å². The minimum absolute atomic E-state index is 0.0421. The van der Waals surface area contributed by atoms with Crippen molar-refractivity contribution in [2.75, 3.05) is 11.5 Å². The first-order valence-electron chi connectivity index (χ1n) is 5.36. The molecule has 1 aliphatic heterocycles. The Balaban J connectivity index is 1.87. The molecule has 2 unspecified atom stereocenters. The summed E-state index contributed by atoms with van der Waals surface area (Å²) in [5.74, 6) is 1.34. The zero-order chi connectivity index (χ0) is 12.1. The van der Waals surface area contributed by atoms with E-state index in [1.54, 1.807) is 23.5 Å². The van der Waals surface area contributed by atoms with E-state index in [2.05, 4.69) is 0 Å². The zero-order valence-corrected chi connectivity index (χ0v) is 11.1. The fourth-order valence-electron chi connectivity index (χ4n) is 1.47. The van der Waals surface area contributed by atoms with E-state index in [0.717, 1.165) is 5.75 Å². The van der Waals surface area contributed by atoms with Crippen LogP contribution in [0.1, 0.15) is 6.92 Å². The van der Waals surface area contributed by atoms with Crippen LogP contribution in [-0.4, -0.2) is 29.2 Å². The van der Waals surface area contributed by atoms with Crippen LogP contribution in [0, 0.1) is 0 Å². The topological polar surface area (TPSA) is 35.5 Å². The Morgan fingerprint density at radius 2 is 2.18 bits per heavy atom. The molecule has 17 heavy (non-hydrogen) atoms. The molecule has 5 heteroatoms. The first-order valence-corrected chi connectivity index (χ1v) is 7.39. The lowest BCUT2D eigenvalue weighted by atomic mass is 10.4. The Morgan fingerprint density at radius 1 is 1.41 bits per heavy atom. The maximum Gasteiger partial charge on any atom is 0.304 e. The van der Waals surface area contributed by atoms with Gasteiger partial charge in [0.25, 0.3) is 0 Å². The number of carbonyl (C=O) groups excluding carboxylic acids is 1. The van der Waals surface area contributed by atoms with Crippen molar-refractivity contribution in [2.45, 2.75) is 23.5 Å². The molecular formula is C12H14O3S2. The van der Waals surface area contributed by atoms with Crippen LogP contribution in [-0.2, 0) is 14.3 Å². The Bertz CT molecular complexity index is 369. The molecule has 0 amide bonds. The van der Waals surface area contributed by atoms with Crippen LogP contribution < -0.4 is 0 Å². The second kappa shape index (κ2) is 6.33. The highest BCUT2D eigenvalue weighted by molar-refractivity contribution is 8.03. The van der Waals surface area contributed by atoms with Gasteiger partial charge in [-0.3, -0.25) is 4.79 Å². The van der Waals surface area contributed by atoms with Crippen molar-refractivity contribution >= 4 is 29.5 Å². The minimum atomic E-state index is -0.410. The van der Waals surface area contributed by atoms with Crippen molar-refractivity contribution in [3.05, 3.63) is 30.3 Å². The number of hydrogen-bond donors (Lipinski definition) is 0. The highest BCUT2D eigenvalue weighted by Gasteiger charge is 2.25. The third-order valence-electron chi connectivity index (χ3n) is 2.12. The summed E-state index contributed by atoms with van der Waals surface area (Å²) in [5, 5.41) is 0. The number of hydrogen-bond acceptors (Lipinski definition) is 5. The largest absolute Gasteiger partial charge is 0.435 e. The van der Waals surface area contributed by atoms with Crippen LogP contribution in [0.3, 0.4) is 0 Å². The number of benzene rings is 1.